The molecule has 1 amide bonds. The third-order valence-corrected chi connectivity index (χ3v) is 2.30. The van der Waals surface area contributed by atoms with Crippen LogP contribution < -0.4 is 5.32 Å². The number of hydrogen-bond donors (Lipinski definition) is 1. The molecule has 0 fully saturated rings. The van der Waals surface area contributed by atoms with E-state index in [1.54, 1.807) is 20.8 Å². The van der Waals surface area contributed by atoms with Gasteiger partial charge in [-0.25, -0.2) is 4.79 Å². The lowest BCUT2D eigenvalue weighted by Crippen LogP contribution is -2.38. The number of ether oxygens (including phenoxy) is 2. The molecule has 0 aliphatic heterocycles. The number of ketones is 1. The lowest BCUT2D eigenvalue weighted by molar-refractivity contribution is -0.166. The summed E-state index contributed by atoms with van der Waals surface area (Å²) in [7, 11) is 0. The third-order valence-electron chi connectivity index (χ3n) is 2.30. The fraction of sp³-hybridized carbons (Fsp3) is 0.692. The predicted octanol–water partition coefficient (Wildman–Crippen LogP) is 0.213. The Balaban J connectivity index is 4.03. The summed E-state index contributed by atoms with van der Waals surface area (Å²) in [6.07, 6.45) is -1.07. The van der Waals surface area contributed by atoms with Crippen LogP contribution in [-0.2, 0) is 28.7 Å². The SMILES string of the molecule is CC(=O)OC(C)C(=O)OCC(=O)NCC(=O)C(C)(C)C. The van der Waals surface area contributed by atoms with Gasteiger partial charge in [0, 0.05) is 12.3 Å². The van der Waals surface area contributed by atoms with Gasteiger partial charge in [0.15, 0.2) is 18.5 Å². The molecule has 1 unspecified atom stereocenters. The summed E-state index contributed by atoms with van der Waals surface area (Å²) < 4.78 is 9.23. The number of amides is 1. The van der Waals surface area contributed by atoms with E-state index in [4.69, 9.17) is 0 Å². The van der Waals surface area contributed by atoms with Gasteiger partial charge in [0.1, 0.15) is 0 Å². The van der Waals surface area contributed by atoms with Gasteiger partial charge in [-0.15, -0.1) is 0 Å². The van der Waals surface area contributed by atoms with Crippen molar-refractivity contribution < 1.29 is 28.7 Å². The zero-order valence-corrected chi connectivity index (χ0v) is 12.4. The second kappa shape index (κ2) is 7.62. The molecule has 1 atom stereocenters. The van der Waals surface area contributed by atoms with E-state index in [2.05, 4.69) is 14.8 Å². The van der Waals surface area contributed by atoms with E-state index in [-0.39, 0.29) is 12.3 Å². The zero-order chi connectivity index (χ0) is 15.9. The van der Waals surface area contributed by atoms with Crippen molar-refractivity contribution >= 4 is 23.6 Å². The van der Waals surface area contributed by atoms with Gasteiger partial charge in [0.05, 0.1) is 6.54 Å². The van der Waals surface area contributed by atoms with Crippen LogP contribution in [0.1, 0.15) is 34.6 Å². The van der Waals surface area contributed by atoms with E-state index in [1.165, 1.54) is 6.92 Å². The molecular formula is C13H21NO6. The van der Waals surface area contributed by atoms with Crippen molar-refractivity contribution in [3.8, 4) is 0 Å². The second-order valence-electron chi connectivity index (χ2n) is 5.31. The van der Waals surface area contributed by atoms with Gasteiger partial charge < -0.3 is 14.8 Å². The molecular weight excluding hydrogens is 266 g/mol. The molecule has 0 saturated heterocycles. The molecule has 114 valence electrons. The monoisotopic (exact) mass is 287 g/mol. The standard InChI is InChI=1S/C13H21NO6/c1-8(20-9(2)15)12(18)19-7-11(17)14-6-10(16)13(3,4)5/h8H,6-7H2,1-5H3,(H,14,17). The minimum absolute atomic E-state index is 0.126. The highest BCUT2D eigenvalue weighted by molar-refractivity contribution is 5.90. The highest BCUT2D eigenvalue weighted by atomic mass is 16.6. The fourth-order valence-electron chi connectivity index (χ4n) is 1.05. The van der Waals surface area contributed by atoms with Gasteiger partial charge in [-0.3, -0.25) is 14.4 Å². The topological polar surface area (TPSA) is 98.8 Å². The zero-order valence-electron chi connectivity index (χ0n) is 12.4. The molecule has 0 aromatic carbocycles. The Bertz CT molecular complexity index is 396. The molecule has 7 nitrogen and oxygen atoms in total. The third kappa shape index (κ3) is 7.50. The Morgan fingerprint density at radius 2 is 1.70 bits per heavy atom. The van der Waals surface area contributed by atoms with Gasteiger partial charge in [-0.05, 0) is 6.92 Å². The molecule has 0 radical (unpaired) electrons. The fourth-order valence-corrected chi connectivity index (χ4v) is 1.05. The van der Waals surface area contributed by atoms with Crippen LogP contribution in [-0.4, -0.2) is 42.9 Å². The molecule has 0 aromatic rings. The number of rotatable bonds is 6. The minimum atomic E-state index is -1.07. The first-order chi connectivity index (χ1) is 9.04. The normalized spacial score (nSPS) is 12.2. The van der Waals surface area contributed by atoms with Crippen LogP contribution in [0.15, 0.2) is 0 Å². The van der Waals surface area contributed by atoms with Crippen molar-refractivity contribution in [2.75, 3.05) is 13.2 Å². The van der Waals surface area contributed by atoms with Gasteiger partial charge >= 0.3 is 11.9 Å². The highest BCUT2D eigenvalue weighted by Gasteiger charge is 2.22. The average molecular weight is 287 g/mol. The molecule has 0 saturated carbocycles. The Morgan fingerprint density at radius 1 is 1.15 bits per heavy atom. The number of carbonyl (C=O) groups is 4. The summed E-state index contributed by atoms with van der Waals surface area (Å²) in [5.74, 6) is -2.16. The van der Waals surface area contributed by atoms with Crippen LogP contribution >= 0.6 is 0 Å². The van der Waals surface area contributed by atoms with Crippen molar-refractivity contribution in [1.82, 2.24) is 5.32 Å². The number of hydrogen-bond acceptors (Lipinski definition) is 6. The Morgan fingerprint density at radius 3 is 2.15 bits per heavy atom. The largest absolute Gasteiger partial charge is 0.453 e. The molecule has 20 heavy (non-hydrogen) atoms. The van der Waals surface area contributed by atoms with Crippen molar-refractivity contribution in [2.45, 2.75) is 40.7 Å². The molecule has 0 rings (SSSR count). The summed E-state index contributed by atoms with van der Waals surface area (Å²) in [4.78, 5) is 44.9. The first-order valence-electron chi connectivity index (χ1n) is 6.18. The minimum Gasteiger partial charge on any atom is -0.453 e. The van der Waals surface area contributed by atoms with Crippen LogP contribution in [0.4, 0.5) is 0 Å². The van der Waals surface area contributed by atoms with Crippen LogP contribution in [0.25, 0.3) is 0 Å². The molecule has 0 aromatic heterocycles. The molecule has 0 spiro atoms. The van der Waals surface area contributed by atoms with Crippen LogP contribution in [0, 0.1) is 5.41 Å². The van der Waals surface area contributed by atoms with Crippen molar-refractivity contribution in [2.24, 2.45) is 5.41 Å². The molecule has 0 heterocycles. The second-order valence-corrected chi connectivity index (χ2v) is 5.31. The van der Waals surface area contributed by atoms with Gasteiger partial charge in [0.25, 0.3) is 5.91 Å². The number of Topliss-reactive ketones (excluding diaryl/α,β-unsaturated/α-hetero) is 1. The van der Waals surface area contributed by atoms with Crippen LogP contribution in [0.3, 0.4) is 0 Å². The Hall–Kier alpha value is -1.92. The summed E-state index contributed by atoms with van der Waals surface area (Å²) in [6.45, 7) is 7.06. The van der Waals surface area contributed by atoms with Crippen molar-refractivity contribution in [3.63, 3.8) is 0 Å². The first kappa shape index (κ1) is 18.1. The summed E-state index contributed by atoms with van der Waals surface area (Å²) in [5.41, 5.74) is -0.548. The van der Waals surface area contributed by atoms with Gasteiger partial charge in [0.2, 0.25) is 0 Å². The van der Waals surface area contributed by atoms with Gasteiger partial charge in [-0.2, -0.15) is 0 Å². The maximum absolute atomic E-state index is 11.6. The quantitative estimate of drug-likeness (QED) is 0.701. The number of carbonyl (C=O) groups excluding carboxylic acids is 4. The maximum Gasteiger partial charge on any atom is 0.347 e. The van der Waals surface area contributed by atoms with E-state index in [9.17, 15) is 19.2 Å². The number of nitrogens with one attached hydrogen (secondary N) is 1. The average Bonchev–Trinajstić information content (AvgIpc) is 2.30. The van der Waals surface area contributed by atoms with Crippen LogP contribution in [0.2, 0.25) is 0 Å². The summed E-state index contributed by atoms with van der Waals surface area (Å²) in [6, 6.07) is 0. The van der Waals surface area contributed by atoms with Crippen LogP contribution in [0.5, 0.6) is 0 Å². The Kier molecular flexibility index (Phi) is 6.89. The lowest BCUT2D eigenvalue weighted by Gasteiger charge is -2.16. The van der Waals surface area contributed by atoms with Crippen molar-refractivity contribution in [1.29, 1.82) is 0 Å². The molecule has 1 N–H and O–H groups in total. The van der Waals surface area contributed by atoms with E-state index in [0.717, 1.165) is 6.92 Å². The first-order valence-corrected chi connectivity index (χ1v) is 6.18. The van der Waals surface area contributed by atoms with Crippen molar-refractivity contribution in [3.05, 3.63) is 0 Å². The van der Waals surface area contributed by atoms with Gasteiger partial charge in [-0.1, -0.05) is 20.8 Å². The molecule has 0 bridgehead atoms. The Labute approximate surface area is 118 Å². The molecule has 0 aliphatic carbocycles. The molecule has 0 aliphatic rings. The number of esters is 2. The summed E-state index contributed by atoms with van der Waals surface area (Å²) in [5, 5.41) is 2.35. The lowest BCUT2D eigenvalue weighted by atomic mass is 9.91. The summed E-state index contributed by atoms with van der Waals surface area (Å²) >= 11 is 0. The highest BCUT2D eigenvalue weighted by Crippen LogP contribution is 2.13. The van der Waals surface area contributed by atoms with E-state index < -0.39 is 36.0 Å². The van der Waals surface area contributed by atoms with E-state index >= 15 is 0 Å². The van der Waals surface area contributed by atoms with E-state index in [0.29, 0.717) is 0 Å². The van der Waals surface area contributed by atoms with E-state index in [1.807, 2.05) is 0 Å². The smallest absolute Gasteiger partial charge is 0.347 e. The maximum atomic E-state index is 11.6. The molecule has 7 heteroatoms. The predicted molar refractivity (Wildman–Crippen MR) is 69.7 cm³/mol.